The highest BCUT2D eigenvalue weighted by atomic mass is 79.9. The lowest BCUT2D eigenvalue weighted by molar-refractivity contribution is 0.414. The lowest BCUT2D eigenvalue weighted by atomic mass is 10.1. The summed E-state index contributed by atoms with van der Waals surface area (Å²) >= 11 is 3.48. The van der Waals surface area contributed by atoms with Crippen molar-refractivity contribution in [1.29, 1.82) is 0 Å². The topological polar surface area (TPSA) is 30.5 Å². The van der Waals surface area contributed by atoms with Crippen LogP contribution in [0.1, 0.15) is 18.5 Å². The van der Waals surface area contributed by atoms with Gasteiger partial charge in [0.05, 0.1) is 19.9 Å². The zero-order valence-electron chi connectivity index (χ0n) is 11.8. The molecule has 1 unspecified atom stereocenters. The molecular formula is C16H18BrNO2. The van der Waals surface area contributed by atoms with Crippen LogP contribution in [0.2, 0.25) is 0 Å². The van der Waals surface area contributed by atoms with E-state index in [0.717, 1.165) is 21.7 Å². The number of ether oxygens (including phenoxy) is 2. The van der Waals surface area contributed by atoms with Gasteiger partial charge in [0.1, 0.15) is 11.5 Å². The van der Waals surface area contributed by atoms with Crippen LogP contribution in [0.3, 0.4) is 0 Å². The number of benzene rings is 2. The Hall–Kier alpha value is -1.68. The van der Waals surface area contributed by atoms with Gasteiger partial charge in [0.25, 0.3) is 0 Å². The molecule has 2 aromatic carbocycles. The fourth-order valence-electron chi connectivity index (χ4n) is 2.00. The molecular weight excluding hydrogens is 318 g/mol. The van der Waals surface area contributed by atoms with Crippen LogP contribution in [0.4, 0.5) is 5.69 Å². The summed E-state index contributed by atoms with van der Waals surface area (Å²) in [6.07, 6.45) is 0. The molecule has 0 bridgehead atoms. The third kappa shape index (κ3) is 3.45. The maximum Gasteiger partial charge on any atom is 0.142 e. The van der Waals surface area contributed by atoms with Crippen LogP contribution in [0.5, 0.6) is 11.5 Å². The standard InChI is InChI=1S/C16H18BrNO2/c1-11(12-4-7-14(19-2)8-5-12)18-15-10-13(17)6-9-16(15)20-3/h4-11,18H,1-3H3. The molecule has 106 valence electrons. The highest BCUT2D eigenvalue weighted by molar-refractivity contribution is 9.10. The van der Waals surface area contributed by atoms with E-state index in [2.05, 4.69) is 40.3 Å². The van der Waals surface area contributed by atoms with E-state index in [0.29, 0.717) is 0 Å². The van der Waals surface area contributed by atoms with Gasteiger partial charge in [-0.1, -0.05) is 28.1 Å². The molecule has 0 aliphatic heterocycles. The summed E-state index contributed by atoms with van der Waals surface area (Å²) in [4.78, 5) is 0. The first-order valence-electron chi connectivity index (χ1n) is 6.38. The first-order chi connectivity index (χ1) is 9.63. The number of halogens is 1. The van der Waals surface area contributed by atoms with E-state index in [-0.39, 0.29) is 6.04 Å². The normalized spacial score (nSPS) is 11.8. The van der Waals surface area contributed by atoms with Crippen molar-refractivity contribution in [2.24, 2.45) is 0 Å². The Kier molecular flexibility index (Phi) is 4.90. The Morgan fingerprint density at radius 1 is 1.00 bits per heavy atom. The average molecular weight is 336 g/mol. The van der Waals surface area contributed by atoms with E-state index < -0.39 is 0 Å². The molecule has 0 radical (unpaired) electrons. The molecule has 0 aromatic heterocycles. The van der Waals surface area contributed by atoms with Gasteiger partial charge in [-0.05, 0) is 42.8 Å². The second kappa shape index (κ2) is 6.66. The molecule has 4 heteroatoms. The Bertz CT molecular complexity index is 569. The van der Waals surface area contributed by atoms with E-state index in [9.17, 15) is 0 Å². The lowest BCUT2D eigenvalue weighted by Crippen LogP contribution is -2.07. The highest BCUT2D eigenvalue weighted by Gasteiger charge is 2.09. The van der Waals surface area contributed by atoms with Gasteiger partial charge in [-0.25, -0.2) is 0 Å². The first kappa shape index (κ1) is 14.7. The molecule has 2 rings (SSSR count). The zero-order chi connectivity index (χ0) is 14.5. The van der Waals surface area contributed by atoms with E-state index in [1.807, 2.05) is 30.3 Å². The van der Waals surface area contributed by atoms with Crippen LogP contribution in [-0.2, 0) is 0 Å². The van der Waals surface area contributed by atoms with E-state index in [4.69, 9.17) is 9.47 Å². The fourth-order valence-corrected chi connectivity index (χ4v) is 2.36. The van der Waals surface area contributed by atoms with Crippen LogP contribution in [-0.4, -0.2) is 14.2 Å². The minimum absolute atomic E-state index is 0.170. The minimum atomic E-state index is 0.170. The molecule has 0 saturated carbocycles. The second-order valence-corrected chi connectivity index (χ2v) is 5.40. The maximum absolute atomic E-state index is 5.37. The number of methoxy groups -OCH3 is 2. The molecule has 0 aliphatic carbocycles. The first-order valence-corrected chi connectivity index (χ1v) is 7.17. The summed E-state index contributed by atoms with van der Waals surface area (Å²) < 4.78 is 11.6. The summed E-state index contributed by atoms with van der Waals surface area (Å²) in [7, 11) is 3.34. The number of anilines is 1. The Morgan fingerprint density at radius 3 is 2.30 bits per heavy atom. The van der Waals surface area contributed by atoms with Crippen molar-refractivity contribution in [3.8, 4) is 11.5 Å². The fraction of sp³-hybridized carbons (Fsp3) is 0.250. The van der Waals surface area contributed by atoms with Gasteiger partial charge in [0, 0.05) is 10.5 Å². The molecule has 0 spiro atoms. The largest absolute Gasteiger partial charge is 0.497 e. The van der Waals surface area contributed by atoms with Gasteiger partial charge in [-0.3, -0.25) is 0 Å². The predicted molar refractivity (Wildman–Crippen MR) is 85.7 cm³/mol. The van der Waals surface area contributed by atoms with Crippen molar-refractivity contribution >= 4 is 21.6 Å². The van der Waals surface area contributed by atoms with Gasteiger partial charge < -0.3 is 14.8 Å². The molecule has 3 nitrogen and oxygen atoms in total. The third-order valence-corrected chi connectivity index (χ3v) is 3.64. The van der Waals surface area contributed by atoms with Gasteiger partial charge in [-0.2, -0.15) is 0 Å². The van der Waals surface area contributed by atoms with Crippen LogP contribution in [0.15, 0.2) is 46.9 Å². The second-order valence-electron chi connectivity index (χ2n) is 4.48. The quantitative estimate of drug-likeness (QED) is 0.863. The third-order valence-electron chi connectivity index (χ3n) is 3.15. The van der Waals surface area contributed by atoms with Crippen molar-refractivity contribution in [3.63, 3.8) is 0 Å². The number of nitrogens with one attached hydrogen (secondary N) is 1. The van der Waals surface area contributed by atoms with E-state index in [1.165, 1.54) is 5.56 Å². The maximum atomic E-state index is 5.37. The Morgan fingerprint density at radius 2 is 1.70 bits per heavy atom. The summed E-state index contributed by atoms with van der Waals surface area (Å²) in [6, 6.07) is 14.1. The Labute approximate surface area is 128 Å². The van der Waals surface area contributed by atoms with Crippen molar-refractivity contribution in [2.45, 2.75) is 13.0 Å². The summed E-state index contributed by atoms with van der Waals surface area (Å²) in [5, 5.41) is 3.46. The van der Waals surface area contributed by atoms with Crippen molar-refractivity contribution in [3.05, 3.63) is 52.5 Å². The predicted octanol–water partition coefficient (Wildman–Crippen LogP) is 4.64. The summed E-state index contributed by atoms with van der Waals surface area (Å²) in [6.45, 7) is 2.11. The molecule has 1 N–H and O–H groups in total. The molecule has 0 aliphatic rings. The van der Waals surface area contributed by atoms with Crippen molar-refractivity contribution < 1.29 is 9.47 Å². The molecule has 1 atom stereocenters. The van der Waals surface area contributed by atoms with Crippen LogP contribution in [0.25, 0.3) is 0 Å². The van der Waals surface area contributed by atoms with E-state index >= 15 is 0 Å². The Balaban J connectivity index is 2.17. The zero-order valence-corrected chi connectivity index (χ0v) is 13.4. The molecule has 0 amide bonds. The molecule has 20 heavy (non-hydrogen) atoms. The SMILES string of the molecule is COc1ccc(C(C)Nc2cc(Br)ccc2OC)cc1. The van der Waals surface area contributed by atoms with Crippen LogP contribution in [0, 0.1) is 0 Å². The van der Waals surface area contributed by atoms with Gasteiger partial charge >= 0.3 is 0 Å². The number of hydrogen-bond donors (Lipinski definition) is 1. The van der Waals surface area contributed by atoms with Gasteiger partial charge in [-0.15, -0.1) is 0 Å². The smallest absolute Gasteiger partial charge is 0.142 e. The highest BCUT2D eigenvalue weighted by Crippen LogP contribution is 2.31. The summed E-state index contributed by atoms with van der Waals surface area (Å²) in [5.41, 5.74) is 2.15. The van der Waals surface area contributed by atoms with E-state index in [1.54, 1.807) is 14.2 Å². The van der Waals surface area contributed by atoms with Crippen LogP contribution < -0.4 is 14.8 Å². The minimum Gasteiger partial charge on any atom is -0.497 e. The molecule has 0 heterocycles. The lowest BCUT2D eigenvalue weighted by Gasteiger charge is -2.18. The molecule has 2 aromatic rings. The number of rotatable bonds is 5. The van der Waals surface area contributed by atoms with Crippen molar-refractivity contribution in [1.82, 2.24) is 0 Å². The van der Waals surface area contributed by atoms with Crippen LogP contribution >= 0.6 is 15.9 Å². The van der Waals surface area contributed by atoms with Gasteiger partial charge in [0.2, 0.25) is 0 Å². The number of hydrogen-bond acceptors (Lipinski definition) is 3. The molecule has 0 fully saturated rings. The molecule has 0 saturated heterocycles. The summed E-state index contributed by atoms with van der Waals surface area (Å²) in [5.74, 6) is 1.69. The van der Waals surface area contributed by atoms with Gasteiger partial charge in [0.15, 0.2) is 0 Å². The monoisotopic (exact) mass is 335 g/mol. The average Bonchev–Trinajstić information content (AvgIpc) is 2.47. The van der Waals surface area contributed by atoms with Crippen molar-refractivity contribution in [2.75, 3.05) is 19.5 Å².